The number of nitrogens with zero attached hydrogens (tertiary/aromatic N) is 4. The summed E-state index contributed by atoms with van der Waals surface area (Å²) in [4.78, 5) is 18.2. The van der Waals surface area contributed by atoms with Gasteiger partial charge in [-0.25, -0.2) is 4.98 Å². The molecule has 1 atom stereocenters. The van der Waals surface area contributed by atoms with Crippen LogP contribution in [0.2, 0.25) is 0 Å². The predicted octanol–water partition coefficient (Wildman–Crippen LogP) is 4.73. The Labute approximate surface area is 191 Å². The molecule has 2 aromatic heterocycles. The van der Waals surface area contributed by atoms with E-state index in [0.717, 1.165) is 39.4 Å². The van der Waals surface area contributed by atoms with Gasteiger partial charge in [-0.1, -0.05) is 37.7 Å². The Bertz CT molecular complexity index is 1010. The van der Waals surface area contributed by atoms with Crippen LogP contribution in [0.5, 0.6) is 5.75 Å². The smallest absolute Gasteiger partial charge is 0.239 e. The molecule has 1 aromatic carbocycles. The van der Waals surface area contributed by atoms with Crippen LogP contribution in [0.1, 0.15) is 42.7 Å². The van der Waals surface area contributed by atoms with Crippen molar-refractivity contribution >= 4 is 34.1 Å². The van der Waals surface area contributed by atoms with E-state index in [1.807, 2.05) is 45.0 Å². The van der Waals surface area contributed by atoms with E-state index in [-0.39, 0.29) is 11.2 Å². The van der Waals surface area contributed by atoms with E-state index in [4.69, 9.17) is 4.74 Å². The molecule has 0 fully saturated rings. The standard InChI is InChI=1S/C22H29N5O2S2/c1-13(2)12-27-19(11-17-7-9-18(29-6)10-8-17)25-26-22(27)31-16(5)20(28)24-21-23-14(3)15(4)30-21/h7-10,13,16H,11-12H2,1-6H3,(H,23,24,28)/t16-/m1/s1. The number of benzene rings is 1. The average molecular weight is 460 g/mol. The lowest BCUT2D eigenvalue weighted by Crippen LogP contribution is -2.23. The summed E-state index contributed by atoms with van der Waals surface area (Å²) in [6.07, 6.45) is 0.669. The number of nitrogens with one attached hydrogen (secondary N) is 1. The van der Waals surface area contributed by atoms with Gasteiger partial charge in [0, 0.05) is 17.8 Å². The largest absolute Gasteiger partial charge is 0.497 e. The van der Waals surface area contributed by atoms with Crippen molar-refractivity contribution < 1.29 is 9.53 Å². The number of ether oxygens (including phenoxy) is 1. The van der Waals surface area contributed by atoms with Crippen LogP contribution >= 0.6 is 23.1 Å². The minimum atomic E-state index is -0.325. The van der Waals surface area contributed by atoms with Crippen molar-refractivity contribution in [3.05, 3.63) is 46.2 Å². The monoisotopic (exact) mass is 459 g/mol. The summed E-state index contributed by atoms with van der Waals surface area (Å²) in [5, 5.41) is 12.8. The van der Waals surface area contributed by atoms with E-state index < -0.39 is 0 Å². The fourth-order valence-corrected chi connectivity index (χ4v) is 4.65. The van der Waals surface area contributed by atoms with Gasteiger partial charge in [0.1, 0.15) is 11.6 Å². The summed E-state index contributed by atoms with van der Waals surface area (Å²) >= 11 is 2.91. The topological polar surface area (TPSA) is 81.9 Å². The number of hydrogen-bond donors (Lipinski definition) is 1. The molecule has 9 heteroatoms. The number of aryl methyl sites for hydroxylation is 2. The van der Waals surface area contributed by atoms with Crippen LogP contribution in [0.4, 0.5) is 5.13 Å². The molecule has 0 radical (unpaired) electrons. The quantitative estimate of drug-likeness (QED) is 0.466. The van der Waals surface area contributed by atoms with E-state index in [0.29, 0.717) is 17.5 Å². The molecule has 0 bridgehead atoms. The maximum atomic E-state index is 12.7. The zero-order valence-electron chi connectivity index (χ0n) is 18.8. The highest BCUT2D eigenvalue weighted by Crippen LogP contribution is 2.27. The van der Waals surface area contributed by atoms with Crippen LogP contribution in [0.25, 0.3) is 0 Å². The molecule has 3 aromatic rings. The second-order valence-corrected chi connectivity index (χ2v) is 10.3. The first-order valence-corrected chi connectivity index (χ1v) is 11.9. The first-order valence-electron chi connectivity index (χ1n) is 10.2. The molecule has 0 saturated carbocycles. The maximum Gasteiger partial charge on any atom is 0.239 e. The molecular formula is C22H29N5O2S2. The fraction of sp³-hybridized carbons (Fsp3) is 0.455. The van der Waals surface area contributed by atoms with Crippen molar-refractivity contribution in [3.8, 4) is 5.75 Å². The van der Waals surface area contributed by atoms with Gasteiger partial charge in [-0.2, -0.15) is 0 Å². The summed E-state index contributed by atoms with van der Waals surface area (Å²) < 4.78 is 7.36. The second kappa shape index (κ2) is 10.3. The van der Waals surface area contributed by atoms with E-state index >= 15 is 0 Å². The van der Waals surface area contributed by atoms with Gasteiger partial charge in [-0.15, -0.1) is 21.5 Å². The number of carbonyl (C=O) groups excluding carboxylic acids is 1. The van der Waals surface area contributed by atoms with Gasteiger partial charge in [-0.05, 0) is 44.4 Å². The average Bonchev–Trinajstić information content (AvgIpc) is 3.24. The van der Waals surface area contributed by atoms with Crippen molar-refractivity contribution in [1.82, 2.24) is 19.7 Å². The third kappa shape index (κ3) is 6.07. The van der Waals surface area contributed by atoms with Crippen LogP contribution in [0, 0.1) is 19.8 Å². The first-order chi connectivity index (χ1) is 14.8. The number of anilines is 1. The molecule has 0 aliphatic carbocycles. The molecule has 0 aliphatic heterocycles. The van der Waals surface area contributed by atoms with Crippen LogP contribution < -0.4 is 10.1 Å². The van der Waals surface area contributed by atoms with Crippen molar-refractivity contribution in [3.63, 3.8) is 0 Å². The van der Waals surface area contributed by atoms with Gasteiger partial charge in [0.05, 0.1) is 18.1 Å². The number of aromatic nitrogens is 4. The number of hydrogen-bond acceptors (Lipinski definition) is 7. The third-order valence-corrected chi connectivity index (χ3v) is 6.84. The van der Waals surface area contributed by atoms with Crippen LogP contribution in [-0.2, 0) is 17.8 Å². The molecule has 0 unspecified atom stereocenters. The summed E-state index contributed by atoms with van der Waals surface area (Å²) in [6.45, 7) is 10.9. The lowest BCUT2D eigenvalue weighted by Gasteiger charge is -2.15. The Morgan fingerprint density at radius 2 is 1.90 bits per heavy atom. The van der Waals surface area contributed by atoms with Gasteiger partial charge >= 0.3 is 0 Å². The van der Waals surface area contributed by atoms with E-state index in [1.54, 1.807) is 7.11 Å². The summed E-state index contributed by atoms with van der Waals surface area (Å²) in [7, 11) is 1.66. The predicted molar refractivity (Wildman–Crippen MR) is 126 cm³/mol. The minimum Gasteiger partial charge on any atom is -0.497 e. The van der Waals surface area contributed by atoms with Gasteiger partial charge < -0.3 is 14.6 Å². The molecule has 0 spiro atoms. The Morgan fingerprint density at radius 1 is 1.19 bits per heavy atom. The molecule has 1 amide bonds. The molecule has 3 rings (SSSR count). The van der Waals surface area contributed by atoms with Gasteiger partial charge in [0.15, 0.2) is 10.3 Å². The Balaban J connectivity index is 1.74. The number of thiazole rings is 1. The van der Waals surface area contributed by atoms with E-state index in [1.165, 1.54) is 23.1 Å². The highest BCUT2D eigenvalue weighted by Gasteiger charge is 2.22. The first kappa shape index (κ1) is 23.3. The van der Waals surface area contributed by atoms with Crippen LogP contribution in [-0.4, -0.2) is 38.0 Å². The van der Waals surface area contributed by atoms with Gasteiger partial charge in [0.2, 0.25) is 5.91 Å². The fourth-order valence-electron chi connectivity index (χ4n) is 2.96. The van der Waals surface area contributed by atoms with Gasteiger partial charge in [-0.3, -0.25) is 4.79 Å². The van der Waals surface area contributed by atoms with Crippen molar-refractivity contribution in [2.24, 2.45) is 5.92 Å². The van der Waals surface area contributed by atoms with Crippen LogP contribution in [0.15, 0.2) is 29.4 Å². The Hall–Kier alpha value is -2.39. The zero-order chi connectivity index (χ0) is 22.5. The number of thioether (sulfide) groups is 1. The summed E-state index contributed by atoms with van der Waals surface area (Å²) in [6, 6.07) is 7.97. The SMILES string of the molecule is COc1ccc(Cc2nnc(S[C@H](C)C(=O)Nc3nc(C)c(C)s3)n2CC(C)C)cc1. The normalized spacial score (nSPS) is 12.2. The van der Waals surface area contributed by atoms with E-state index in [2.05, 4.69) is 38.9 Å². The number of amides is 1. The Kier molecular flexibility index (Phi) is 7.72. The number of methoxy groups -OCH3 is 1. The van der Waals surface area contributed by atoms with E-state index in [9.17, 15) is 4.79 Å². The van der Waals surface area contributed by atoms with Gasteiger partial charge in [0.25, 0.3) is 0 Å². The molecule has 31 heavy (non-hydrogen) atoms. The number of rotatable bonds is 9. The molecule has 0 saturated heterocycles. The zero-order valence-corrected chi connectivity index (χ0v) is 20.4. The molecule has 7 nitrogen and oxygen atoms in total. The molecule has 0 aliphatic rings. The molecule has 2 heterocycles. The maximum absolute atomic E-state index is 12.7. The van der Waals surface area contributed by atoms with Crippen molar-refractivity contribution in [2.75, 3.05) is 12.4 Å². The lowest BCUT2D eigenvalue weighted by atomic mass is 10.1. The highest BCUT2D eigenvalue weighted by molar-refractivity contribution is 8.00. The summed E-state index contributed by atoms with van der Waals surface area (Å²) in [5.74, 6) is 2.05. The molecule has 166 valence electrons. The summed E-state index contributed by atoms with van der Waals surface area (Å²) in [5.41, 5.74) is 2.08. The lowest BCUT2D eigenvalue weighted by molar-refractivity contribution is -0.115. The Morgan fingerprint density at radius 3 is 2.48 bits per heavy atom. The molecular weight excluding hydrogens is 430 g/mol. The minimum absolute atomic E-state index is 0.0884. The van der Waals surface area contributed by atoms with Crippen molar-refractivity contribution in [1.29, 1.82) is 0 Å². The highest BCUT2D eigenvalue weighted by atomic mass is 32.2. The number of carbonyl (C=O) groups is 1. The second-order valence-electron chi connectivity index (χ2n) is 7.84. The van der Waals surface area contributed by atoms with Crippen molar-refractivity contribution in [2.45, 2.75) is 58.0 Å². The molecule has 1 N–H and O–H groups in total. The third-order valence-electron chi connectivity index (χ3n) is 4.77. The van der Waals surface area contributed by atoms with Crippen LogP contribution in [0.3, 0.4) is 0 Å².